The fourth-order valence-corrected chi connectivity index (χ4v) is 1.73. The van der Waals surface area contributed by atoms with Crippen molar-refractivity contribution in [3.8, 4) is 0 Å². The van der Waals surface area contributed by atoms with Crippen molar-refractivity contribution in [3.63, 3.8) is 0 Å². The normalized spacial score (nSPS) is 25.3. The lowest BCUT2D eigenvalue weighted by Gasteiger charge is -2.03. The SMILES string of the molecule is CNC1CCNC1=S(=O)=O. The van der Waals surface area contributed by atoms with Crippen molar-refractivity contribution >= 4 is 15.3 Å². The predicted octanol–water partition coefficient (Wildman–Crippen LogP) is -1.42. The smallest absolute Gasteiger partial charge is 0.229 e. The molecule has 1 heterocycles. The van der Waals surface area contributed by atoms with Crippen LogP contribution in [0.4, 0.5) is 0 Å². The largest absolute Gasteiger partial charge is 0.311 e. The highest BCUT2D eigenvalue weighted by molar-refractivity contribution is 7.73. The fraction of sp³-hybridized carbons (Fsp3) is 0.800. The quantitative estimate of drug-likeness (QED) is 0.464. The summed E-state index contributed by atoms with van der Waals surface area (Å²) >= 11 is 0. The third kappa shape index (κ3) is 1.36. The monoisotopic (exact) mass is 162 g/mol. The van der Waals surface area contributed by atoms with Crippen LogP contribution in [0.15, 0.2) is 0 Å². The fourth-order valence-electron chi connectivity index (χ4n) is 1.04. The molecular formula is C5H10N2O2S. The van der Waals surface area contributed by atoms with Crippen molar-refractivity contribution in [3.05, 3.63) is 0 Å². The summed E-state index contributed by atoms with van der Waals surface area (Å²) in [6.07, 6.45) is 0.847. The molecule has 1 saturated heterocycles. The van der Waals surface area contributed by atoms with E-state index < -0.39 is 10.3 Å². The topological polar surface area (TPSA) is 58.2 Å². The Kier molecular flexibility index (Phi) is 2.42. The van der Waals surface area contributed by atoms with Crippen LogP contribution in [0.3, 0.4) is 0 Å². The Morgan fingerprint density at radius 2 is 2.40 bits per heavy atom. The molecule has 0 bridgehead atoms. The van der Waals surface area contributed by atoms with Crippen LogP contribution in [0.1, 0.15) is 6.42 Å². The summed E-state index contributed by atoms with van der Waals surface area (Å²) in [4.78, 5) is 0.391. The summed E-state index contributed by atoms with van der Waals surface area (Å²) in [6.45, 7) is 0.745. The van der Waals surface area contributed by atoms with Crippen molar-refractivity contribution in [1.82, 2.24) is 10.6 Å². The van der Waals surface area contributed by atoms with Gasteiger partial charge in [0.05, 0.1) is 6.04 Å². The van der Waals surface area contributed by atoms with Crippen LogP contribution in [0.5, 0.6) is 0 Å². The number of hydrogen-bond acceptors (Lipinski definition) is 3. The van der Waals surface area contributed by atoms with Crippen LogP contribution in [0.25, 0.3) is 0 Å². The molecule has 2 N–H and O–H groups in total. The van der Waals surface area contributed by atoms with Crippen LogP contribution < -0.4 is 10.6 Å². The van der Waals surface area contributed by atoms with Gasteiger partial charge in [-0.1, -0.05) is 0 Å². The van der Waals surface area contributed by atoms with Gasteiger partial charge in [-0.25, -0.2) is 0 Å². The molecule has 0 aliphatic carbocycles. The average Bonchev–Trinajstić information content (AvgIpc) is 2.33. The summed E-state index contributed by atoms with van der Waals surface area (Å²) in [5, 5.41) is 5.70. The lowest BCUT2D eigenvalue weighted by atomic mass is 10.3. The first-order valence-corrected chi connectivity index (χ1v) is 4.20. The summed E-state index contributed by atoms with van der Waals surface area (Å²) in [5.74, 6) is 0. The van der Waals surface area contributed by atoms with Gasteiger partial charge in [0.2, 0.25) is 10.3 Å². The van der Waals surface area contributed by atoms with Gasteiger partial charge in [-0.15, -0.1) is 0 Å². The van der Waals surface area contributed by atoms with Crippen molar-refractivity contribution in [1.29, 1.82) is 0 Å². The second-order valence-corrected chi connectivity index (χ2v) is 3.06. The minimum atomic E-state index is -2.08. The Morgan fingerprint density at radius 3 is 2.80 bits per heavy atom. The van der Waals surface area contributed by atoms with E-state index in [9.17, 15) is 8.42 Å². The Hall–Kier alpha value is -0.390. The van der Waals surface area contributed by atoms with Crippen molar-refractivity contribution in [2.24, 2.45) is 0 Å². The van der Waals surface area contributed by atoms with Crippen LogP contribution in [0, 0.1) is 0 Å². The molecule has 1 rings (SSSR count). The molecule has 0 aromatic carbocycles. The Labute approximate surface area is 61.2 Å². The summed E-state index contributed by atoms with van der Waals surface area (Å²) in [6, 6.07) is -0.00154. The molecule has 0 aromatic heterocycles. The first kappa shape index (κ1) is 7.71. The highest BCUT2D eigenvalue weighted by Crippen LogP contribution is 1.97. The molecule has 1 aliphatic rings. The van der Waals surface area contributed by atoms with Gasteiger partial charge in [0.15, 0.2) is 0 Å². The molecule has 0 saturated carbocycles. The zero-order valence-corrected chi connectivity index (χ0v) is 6.53. The predicted molar refractivity (Wildman–Crippen MR) is 39.4 cm³/mol. The lowest BCUT2D eigenvalue weighted by Crippen LogP contribution is -2.34. The average molecular weight is 162 g/mol. The molecule has 0 spiro atoms. The molecule has 1 fully saturated rings. The van der Waals surface area contributed by atoms with Gasteiger partial charge in [0.1, 0.15) is 4.99 Å². The third-order valence-corrected chi connectivity index (χ3v) is 2.36. The zero-order valence-electron chi connectivity index (χ0n) is 5.72. The van der Waals surface area contributed by atoms with E-state index in [1.165, 1.54) is 0 Å². The summed E-state index contributed by atoms with van der Waals surface area (Å²) in [5.41, 5.74) is 0. The Bertz CT molecular complexity index is 236. The molecular weight excluding hydrogens is 152 g/mol. The molecule has 58 valence electrons. The second-order valence-electron chi connectivity index (χ2n) is 2.16. The van der Waals surface area contributed by atoms with E-state index in [0.29, 0.717) is 4.99 Å². The molecule has 0 radical (unpaired) electrons. The maximum Gasteiger partial charge on any atom is 0.229 e. The standard InChI is InChI=1S/C5H10N2O2S/c1-6-4-2-3-7-5(4)10(8)9/h4,6-7H,2-3H2,1H3. The lowest BCUT2D eigenvalue weighted by molar-refractivity contribution is 0.625. The van der Waals surface area contributed by atoms with Gasteiger partial charge >= 0.3 is 0 Å². The number of hydrogen-bond donors (Lipinski definition) is 2. The Balaban J connectivity index is 2.88. The molecule has 0 amide bonds. The number of likely N-dealkylation sites (N-methyl/N-ethyl adjacent to an activating group) is 1. The minimum Gasteiger partial charge on any atom is -0.311 e. The molecule has 1 unspecified atom stereocenters. The number of nitrogens with one attached hydrogen (secondary N) is 2. The van der Waals surface area contributed by atoms with E-state index in [1.54, 1.807) is 7.05 Å². The van der Waals surface area contributed by atoms with E-state index in [1.807, 2.05) is 0 Å². The van der Waals surface area contributed by atoms with E-state index in [0.717, 1.165) is 13.0 Å². The maximum atomic E-state index is 10.4. The van der Waals surface area contributed by atoms with Crippen LogP contribution in [-0.2, 0) is 10.3 Å². The molecule has 4 nitrogen and oxygen atoms in total. The maximum absolute atomic E-state index is 10.4. The molecule has 0 aromatic rings. The van der Waals surface area contributed by atoms with Gasteiger partial charge in [0, 0.05) is 6.54 Å². The van der Waals surface area contributed by atoms with E-state index in [4.69, 9.17) is 0 Å². The van der Waals surface area contributed by atoms with E-state index in [-0.39, 0.29) is 6.04 Å². The van der Waals surface area contributed by atoms with Crippen LogP contribution in [-0.4, -0.2) is 33.0 Å². The minimum absolute atomic E-state index is 0.00154. The first-order valence-electron chi connectivity index (χ1n) is 3.13. The van der Waals surface area contributed by atoms with Crippen LogP contribution >= 0.6 is 0 Å². The summed E-state index contributed by atoms with van der Waals surface area (Å²) in [7, 11) is -0.323. The second kappa shape index (κ2) is 3.14. The highest BCUT2D eigenvalue weighted by atomic mass is 32.2. The van der Waals surface area contributed by atoms with Gasteiger partial charge in [-0.05, 0) is 13.5 Å². The van der Waals surface area contributed by atoms with Crippen LogP contribution in [0.2, 0.25) is 0 Å². The third-order valence-electron chi connectivity index (χ3n) is 1.58. The highest BCUT2D eigenvalue weighted by Gasteiger charge is 2.20. The van der Waals surface area contributed by atoms with E-state index in [2.05, 4.69) is 10.6 Å². The molecule has 1 atom stereocenters. The van der Waals surface area contributed by atoms with Gasteiger partial charge < -0.3 is 5.32 Å². The van der Waals surface area contributed by atoms with Gasteiger partial charge in [-0.2, -0.15) is 8.42 Å². The number of rotatable bonds is 1. The van der Waals surface area contributed by atoms with Crippen molar-refractivity contribution in [2.75, 3.05) is 13.6 Å². The summed E-state index contributed by atoms with van der Waals surface area (Å²) < 4.78 is 20.9. The van der Waals surface area contributed by atoms with Gasteiger partial charge in [-0.3, -0.25) is 5.32 Å². The Morgan fingerprint density at radius 1 is 1.70 bits per heavy atom. The van der Waals surface area contributed by atoms with Crippen molar-refractivity contribution < 1.29 is 8.42 Å². The first-order chi connectivity index (χ1) is 4.75. The van der Waals surface area contributed by atoms with Gasteiger partial charge in [0.25, 0.3) is 0 Å². The molecule has 10 heavy (non-hydrogen) atoms. The van der Waals surface area contributed by atoms with Crippen molar-refractivity contribution in [2.45, 2.75) is 12.5 Å². The zero-order chi connectivity index (χ0) is 7.56. The molecule has 1 aliphatic heterocycles. The molecule has 5 heteroatoms. The van der Waals surface area contributed by atoms with E-state index >= 15 is 0 Å².